The highest BCUT2D eigenvalue weighted by molar-refractivity contribution is 6.01. The molecule has 16 amide bonds. The van der Waals surface area contributed by atoms with E-state index in [2.05, 4.69) is 91.7 Å². The van der Waals surface area contributed by atoms with Gasteiger partial charge in [-0.1, -0.05) is 142 Å². The SMILES string of the molecule is CCCCCCCCCCCCCC(=O)N[C@@H](CO)C(=O)N[C@@H](CCC(=O)O)C(=O)N[C@@H](CO)C(=O)NCC(=O)N[C@H](C(=O)N[C@@H](C)C(=O)N[C@@H](Cc1c[nH]c2ccccc12)C(=O)NCC(=O)NCC(=O)N[C@H](C(=O)N[C@@H](CCCCN)C(=O)N[C@@H](CCCCN)C(=O)N[C@@H](CC(N)=O)C(=O)N[C@@H](Cc1ccc(O)cc1)C(=O)N[C@@H](C)C(=O)O)[C@@H](C)CC)[C@@H](C)CC. The third kappa shape index (κ3) is 41.8. The number of carboxylic acid groups (broad SMARTS) is 2. The Kier molecular flexibility index (Phi) is 51.5. The number of primary amides is 1. The van der Waals surface area contributed by atoms with Crippen molar-refractivity contribution in [3.05, 3.63) is 65.9 Å². The van der Waals surface area contributed by atoms with Gasteiger partial charge in [0.15, 0.2) is 0 Å². The molecule has 0 unspecified atom stereocenters. The number of carbonyl (C=O) groups is 18. The van der Waals surface area contributed by atoms with E-state index in [1.54, 1.807) is 58.2 Å². The number of para-hydroxylation sites is 1. The molecule has 1 heterocycles. The number of aromatic hydroxyl groups is 1. The van der Waals surface area contributed by atoms with Crippen molar-refractivity contribution in [2.45, 2.75) is 281 Å². The minimum Gasteiger partial charge on any atom is -0.508 e. The molecule has 42 heteroatoms. The number of phenolic OH excluding ortho intramolecular Hbond substituents is 1. The van der Waals surface area contributed by atoms with Gasteiger partial charge >= 0.3 is 11.9 Å². The fourth-order valence-corrected chi connectivity index (χ4v) is 13.2. The lowest BCUT2D eigenvalue weighted by Crippen LogP contribution is -2.60. The average Bonchev–Trinajstić information content (AvgIpc) is 1.67. The van der Waals surface area contributed by atoms with E-state index in [0.717, 1.165) is 32.1 Å². The molecule has 3 rings (SSSR count). The molecule has 2 aromatic carbocycles. The number of aliphatic carboxylic acids is 2. The number of H-pyrrole nitrogens is 1. The standard InChI is InChI=1S/C85H135N19O23/c1-8-11-12-13-14-15-16-17-18-19-20-31-67(109)95-65(48-106)82(123)97-60(36-37-71(113)114)79(120)102-64(47-105)76(117)92-46-70(112)104-72(49(4)9-2)83(124)93-51(6)74(115)99-62(41-54-43-89-57-28-22-21-27-56(54)57)75(116)91-44-68(110)90-45-69(111)103-73(50(5)10-3)84(125)98-59(30-24-26-39-87)77(118)96-58(29-23-25-38-86)78(119)101-63(42-66(88)108)81(122)100-61(80(121)94-52(7)85(126)127)40-53-32-34-55(107)35-33-53/h21-22,27-28,32-35,43,49-52,58-65,72-73,89,105-107H,8-20,23-26,29-31,36-42,44-48,86-87H2,1-7H3,(H2,88,108)(H,90,110)(H,91,116)(H,92,117)(H,93,124)(H,94,121)(H,95,109)(H,96,118)(H,97,123)(H,98,125)(H,99,115)(H,100,122)(H,101,119)(H,102,120)(H,103,111)(H,104,112)(H,113,114)(H,126,127)/t49-,50-,51-,52-,58-,59-,60-,61-,62-,63-,64-,65-,72-,73-/m0/s1. The molecule has 42 nitrogen and oxygen atoms in total. The van der Waals surface area contributed by atoms with Crippen molar-refractivity contribution in [2.24, 2.45) is 29.0 Å². The molecule has 0 saturated carbocycles. The number of nitrogens with two attached hydrogens (primary N) is 3. The van der Waals surface area contributed by atoms with Crippen molar-refractivity contribution >= 4 is 117 Å². The third-order valence-corrected chi connectivity index (χ3v) is 21.3. The highest BCUT2D eigenvalue weighted by Crippen LogP contribution is 2.21. The minimum atomic E-state index is -1.79. The molecule has 0 fully saturated rings. The number of benzene rings is 2. The first kappa shape index (κ1) is 109. The number of aliphatic hydroxyl groups is 2. The number of aliphatic hydroxyl groups excluding tert-OH is 2. The monoisotopic (exact) mass is 1790 g/mol. The van der Waals surface area contributed by atoms with E-state index in [-0.39, 0.29) is 76.6 Å². The zero-order chi connectivity index (χ0) is 94.7. The molecule has 127 heavy (non-hydrogen) atoms. The van der Waals surface area contributed by atoms with Gasteiger partial charge < -0.3 is 127 Å². The van der Waals surface area contributed by atoms with Gasteiger partial charge in [-0.15, -0.1) is 0 Å². The molecule has 1 aromatic heterocycles. The number of amides is 16. The Morgan fingerprint density at radius 2 is 0.803 bits per heavy atom. The molecule has 0 spiro atoms. The number of hydrogen-bond acceptors (Lipinski definition) is 23. The summed E-state index contributed by atoms with van der Waals surface area (Å²) in [6, 6.07) is -5.70. The smallest absolute Gasteiger partial charge is 0.325 e. The average molecular weight is 1790 g/mol. The molecule has 0 aliphatic carbocycles. The van der Waals surface area contributed by atoms with Gasteiger partial charge in [-0.25, -0.2) is 0 Å². The van der Waals surface area contributed by atoms with E-state index in [1.165, 1.54) is 70.2 Å². The van der Waals surface area contributed by atoms with E-state index < -0.39 is 243 Å². The second kappa shape index (κ2) is 59.9. The summed E-state index contributed by atoms with van der Waals surface area (Å²) in [7, 11) is 0. The molecule has 708 valence electrons. The Bertz CT molecular complexity index is 4090. The van der Waals surface area contributed by atoms with Crippen LogP contribution in [0.25, 0.3) is 10.9 Å². The maximum Gasteiger partial charge on any atom is 0.325 e. The normalized spacial score (nSPS) is 14.4. The fourth-order valence-electron chi connectivity index (χ4n) is 13.2. The summed E-state index contributed by atoms with van der Waals surface area (Å²) in [5.41, 5.74) is 18.7. The van der Waals surface area contributed by atoms with Crippen molar-refractivity contribution in [2.75, 3.05) is 45.9 Å². The lowest BCUT2D eigenvalue weighted by Gasteiger charge is -2.28. The number of phenols is 1. The molecule has 3 aromatic rings. The maximum absolute atomic E-state index is 14.4. The zero-order valence-corrected chi connectivity index (χ0v) is 73.7. The Morgan fingerprint density at radius 1 is 0.386 bits per heavy atom. The molecular formula is C85H135N19O23. The number of fused-ring (bicyclic) bond motifs is 1. The molecule has 0 bridgehead atoms. The van der Waals surface area contributed by atoms with Crippen molar-refractivity contribution < 1.29 is 112 Å². The van der Waals surface area contributed by atoms with Gasteiger partial charge in [-0.05, 0) is 119 Å². The number of nitrogens with one attached hydrogen (secondary N) is 16. The van der Waals surface area contributed by atoms with Gasteiger partial charge in [-0.3, -0.25) is 86.3 Å². The Balaban J connectivity index is 1.72. The van der Waals surface area contributed by atoms with E-state index in [9.17, 15) is 112 Å². The lowest BCUT2D eigenvalue weighted by atomic mass is 9.97. The summed E-state index contributed by atoms with van der Waals surface area (Å²) in [5, 5.41) is 86.3. The first-order valence-electron chi connectivity index (χ1n) is 43.6. The van der Waals surface area contributed by atoms with Crippen LogP contribution in [0.2, 0.25) is 0 Å². The van der Waals surface area contributed by atoms with Crippen molar-refractivity contribution in [3.63, 3.8) is 0 Å². The summed E-state index contributed by atoms with van der Waals surface area (Å²) in [4.78, 5) is 246. The van der Waals surface area contributed by atoms with E-state index in [0.29, 0.717) is 41.3 Å². The van der Waals surface area contributed by atoms with Crippen LogP contribution in [0, 0.1) is 11.8 Å². The molecule has 0 saturated heterocycles. The molecule has 0 radical (unpaired) electrons. The van der Waals surface area contributed by atoms with Crippen molar-refractivity contribution in [3.8, 4) is 5.75 Å². The topological polar surface area (TPSA) is 683 Å². The minimum absolute atomic E-state index is 0.0519. The van der Waals surface area contributed by atoms with Gasteiger partial charge in [0.05, 0.1) is 39.3 Å². The number of unbranched alkanes of at least 4 members (excludes halogenated alkanes) is 12. The van der Waals surface area contributed by atoms with Crippen LogP contribution in [-0.4, -0.2) is 255 Å². The molecule has 14 atom stereocenters. The van der Waals surface area contributed by atoms with E-state index in [1.807, 2.05) is 0 Å². The number of hydrogen-bond donors (Lipinski definition) is 24. The van der Waals surface area contributed by atoms with Crippen LogP contribution in [0.1, 0.15) is 207 Å². The molecule has 0 aliphatic heterocycles. The second-order valence-corrected chi connectivity index (χ2v) is 31.7. The summed E-state index contributed by atoms with van der Waals surface area (Å²) in [6.07, 6.45) is 12.3. The van der Waals surface area contributed by atoms with Crippen LogP contribution in [0.3, 0.4) is 0 Å². The summed E-state index contributed by atoms with van der Waals surface area (Å²) in [6.45, 7) is 7.27. The van der Waals surface area contributed by atoms with Crippen LogP contribution in [0.15, 0.2) is 54.7 Å². The first-order chi connectivity index (χ1) is 60.4. The number of rotatable bonds is 65. The largest absolute Gasteiger partial charge is 0.508 e. The Morgan fingerprint density at radius 3 is 1.31 bits per heavy atom. The predicted octanol–water partition coefficient (Wildman–Crippen LogP) is -2.27. The predicted molar refractivity (Wildman–Crippen MR) is 466 cm³/mol. The van der Waals surface area contributed by atoms with Crippen molar-refractivity contribution in [1.29, 1.82) is 0 Å². The third-order valence-electron chi connectivity index (χ3n) is 21.3. The quantitative estimate of drug-likeness (QED) is 0.0265. The fraction of sp³-hybridized carbons (Fsp3) is 0.624. The highest BCUT2D eigenvalue weighted by Gasteiger charge is 2.38. The van der Waals surface area contributed by atoms with E-state index >= 15 is 0 Å². The van der Waals surface area contributed by atoms with Crippen LogP contribution in [0.5, 0.6) is 5.75 Å². The Hall–Kier alpha value is -11.9. The Labute approximate surface area is 738 Å². The second-order valence-electron chi connectivity index (χ2n) is 31.7. The molecular weight excluding hydrogens is 1660 g/mol. The van der Waals surface area contributed by atoms with Gasteiger partial charge in [0, 0.05) is 42.8 Å². The number of aromatic nitrogens is 1. The summed E-state index contributed by atoms with van der Waals surface area (Å²) in [5.74, 6) is -19.4. The molecule has 0 aliphatic rings. The summed E-state index contributed by atoms with van der Waals surface area (Å²) < 4.78 is 0. The maximum atomic E-state index is 14.4. The lowest BCUT2D eigenvalue weighted by molar-refractivity contribution is -0.142. The van der Waals surface area contributed by atoms with Gasteiger partial charge in [0.1, 0.15) is 78.3 Å². The van der Waals surface area contributed by atoms with Gasteiger partial charge in [-0.2, -0.15) is 0 Å². The zero-order valence-electron chi connectivity index (χ0n) is 73.7. The van der Waals surface area contributed by atoms with Crippen LogP contribution >= 0.6 is 0 Å². The van der Waals surface area contributed by atoms with Gasteiger partial charge in [0.25, 0.3) is 0 Å². The van der Waals surface area contributed by atoms with Crippen molar-refractivity contribution in [1.82, 2.24) is 84.7 Å². The number of aromatic amines is 1. The van der Waals surface area contributed by atoms with Gasteiger partial charge in [0.2, 0.25) is 94.5 Å². The number of carboxylic acids is 2. The summed E-state index contributed by atoms with van der Waals surface area (Å²) >= 11 is 0. The van der Waals surface area contributed by atoms with Crippen LogP contribution < -0.4 is 97.0 Å². The van der Waals surface area contributed by atoms with E-state index in [4.69, 9.17) is 17.2 Å². The molecule has 27 N–H and O–H groups in total. The van der Waals surface area contributed by atoms with Crippen LogP contribution in [0.4, 0.5) is 0 Å². The number of carbonyl (C=O) groups excluding carboxylic acids is 16. The first-order valence-corrected chi connectivity index (χ1v) is 43.6. The van der Waals surface area contributed by atoms with Crippen LogP contribution in [-0.2, 0) is 99.1 Å². The highest BCUT2D eigenvalue weighted by atomic mass is 16.4.